The average Bonchev–Trinajstić information content (AvgIpc) is 3.06. The van der Waals surface area contributed by atoms with Crippen molar-refractivity contribution < 1.29 is 63.9 Å². The van der Waals surface area contributed by atoms with Gasteiger partial charge in [-0.3, -0.25) is 31.0 Å². The van der Waals surface area contributed by atoms with Crippen molar-refractivity contribution in [3.05, 3.63) is 154 Å². The molecule has 0 radical (unpaired) electrons. The minimum atomic E-state index is -0.0275. The first-order chi connectivity index (χ1) is 22.0. The smallest absolute Gasteiger partial charge is 0.366 e. The van der Waals surface area contributed by atoms with Crippen LogP contribution < -0.4 is 0 Å². The van der Waals surface area contributed by atoms with Crippen molar-refractivity contribution in [2.24, 2.45) is 0 Å². The summed E-state index contributed by atoms with van der Waals surface area (Å²) in [6.07, 6.45) is 13.7. The van der Waals surface area contributed by atoms with E-state index in [9.17, 15) is 19.2 Å². The van der Waals surface area contributed by atoms with E-state index in [2.05, 4.69) is 35.5 Å². The summed E-state index contributed by atoms with van der Waals surface area (Å²) in [6, 6.07) is 28.5. The molecule has 0 heterocycles. The van der Waals surface area contributed by atoms with E-state index in [1.807, 2.05) is 30.3 Å². The summed E-state index contributed by atoms with van der Waals surface area (Å²) in [7, 11) is 0. The van der Waals surface area contributed by atoms with Crippen LogP contribution in [0.4, 0.5) is 0 Å². The van der Waals surface area contributed by atoms with E-state index < -0.39 is 0 Å². The summed E-state index contributed by atoms with van der Waals surface area (Å²) in [5.74, 6) is 15.9. The summed E-state index contributed by atoms with van der Waals surface area (Å²) >= 11 is 0. The molecule has 272 valence electrons. The monoisotopic (exact) mass is 1100 g/mol. The van der Waals surface area contributed by atoms with Crippen LogP contribution in [0.25, 0.3) is 0 Å². The third-order valence-corrected chi connectivity index (χ3v) is 5.96. The van der Waals surface area contributed by atoms with E-state index in [1.165, 1.54) is 13.8 Å². The first-order valence-electron chi connectivity index (χ1n) is 14.1. The Bertz CT molecular complexity index is 1930. The van der Waals surface area contributed by atoms with Crippen molar-refractivity contribution in [2.45, 2.75) is 41.5 Å². The van der Waals surface area contributed by atoms with Gasteiger partial charge in [0.1, 0.15) is 5.78 Å². The molecule has 0 aliphatic carbocycles. The first kappa shape index (κ1) is 56.9. The van der Waals surface area contributed by atoms with Crippen molar-refractivity contribution in [3.63, 3.8) is 0 Å². The fourth-order valence-corrected chi connectivity index (χ4v) is 3.71. The average molecular weight is 1100 g/mol. The second-order valence-electron chi connectivity index (χ2n) is 9.48. The molecule has 4 aromatic rings. The van der Waals surface area contributed by atoms with Gasteiger partial charge in [0, 0.05) is 27.8 Å². The zero-order valence-electron chi connectivity index (χ0n) is 29.6. The molecule has 0 fully saturated rings. The normalized spacial score (nSPS) is 7.76. The number of hydrogen-bond donors (Lipinski definition) is 0. The Labute approximate surface area is 345 Å². The Balaban J connectivity index is -0.000000179. The molecule has 9 heteroatoms. The molecule has 0 spiro atoms. The maximum absolute atomic E-state index is 11.1. The molecular formula is C42H43Au2O4P3. The molecule has 0 aliphatic rings. The molecule has 0 aromatic heterocycles. The fourth-order valence-electron chi connectivity index (χ4n) is 3.71. The van der Waals surface area contributed by atoms with Crippen LogP contribution in [0, 0.1) is 48.4 Å². The van der Waals surface area contributed by atoms with E-state index in [1.54, 1.807) is 94.4 Å². The number of Topliss-reactive ketones (excluding diaryl/α,β-unsaturated/α-hetero) is 4. The molecule has 4 rings (SSSR count). The fraction of sp³-hybridized carbons (Fsp3) is 0.143. The molecule has 0 N–H and O–H groups in total. The van der Waals surface area contributed by atoms with Crippen molar-refractivity contribution in [2.75, 3.05) is 0 Å². The minimum absolute atomic E-state index is 0. The Morgan fingerprint density at radius 1 is 0.471 bits per heavy atom. The molecule has 51 heavy (non-hydrogen) atoms. The van der Waals surface area contributed by atoms with Crippen LogP contribution in [0.15, 0.2) is 97.1 Å². The van der Waals surface area contributed by atoms with Crippen molar-refractivity contribution >= 4 is 52.8 Å². The topological polar surface area (TPSA) is 68.3 Å². The molecular weight excluding hydrogens is 1060 g/mol. The van der Waals surface area contributed by atoms with Gasteiger partial charge in [-0.05, 0) is 65.3 Å². The summed E-state index contributed by atoms with van der Waals surface area (Å²) in [6.45, 7) is 9.63. The predicted octanol–water partition coefficient (Wildman–Crippen LogP) is 8.34. The van der Waals surface area contributed by atoms with E-state index in [0.717, 1.165) is 16.7 Å². The summed E-state index contributed by atoms with van der Waals surface area (Å²) in [5, 5.41) is 0. The first-order valence-corrected chi connectivity index (χ1v) is 14.1. The standard InChI is InChI=1S/2C11H10O.2C10H7O.2Au.3H3P/c1-3-6-10-7-4-5-8-11(10)9(2)12;1-3-5-10-6-4-7-11(8-10)9(2)12;1-3-9-5-4-6-10(7-9)8(2)11;1-3-9-6-4-5-7-10(9)8(2)11;;;;;/h4-5,7-8H,1-2H3;4,6-8H,1-2H3;2*4-7H,2H3;;;3*1H3/q;;2*-1;2*+1;;;. The van der Waals surface area contributed by atoms with Crippen LogP contribution in [-0.2, 0) is 44.8 Å². The zero-order chi connectivity index (χ0) is 34.5. The number of carbonyl (C=O) groups excluding carboxylic acids is 4. The van der Waals surface area contributed by atoms with E-state index >= 15 is 0 Å². The minimum Gasteiger partial charge on any atom is -0.366 e. The van der Waals surface area contributed by atoms with Gasteiger partial charge in [-0.1, -0.05) is 72.5 Å². The number of ketones is 4. The van der Waals surface area contributed by atoms with Crippen molar-refractivity contribution in [3.8, 4) is 35.5 Å². The van der Waals surface area contributed by atoms with Crippen molar-refractivity contribution in [1.29, 1.82) is 0 Å². The molecule has 0 bridgehead atoms. The van der Waals surface area contributed by atoms with E-state index in [0.29, 0.717) is 27.8 Å². The number of hydrogen-bond acceptors (Lipinski definition) is 4. The van der Waals surface area contributed by atoms with Gasteiger partial charge in [0.15, 0.2) is 17.3 Å². The van der Waals surface area contributed by atoms with E-state index in [4.69, 9.17) is 12.8 Å². The largest absolute Gasteiger partial charge is 1.00 e. The van der Waals surface area contributed by atoms with Gasteiger partial charge in [0.2, 0.25) is 0 Å². The second kappa shape index (κ2) is 32.5. The van der Waals surface area contributed by atoms with Gasteiger partial charge in [-0.15, -0.1) is 41.2 Å². The molecule has 0 saturated heterocycles. The van der Waals surface area contributed by atoms with Gasteiger partial charge < -0.3 is 12.8 Å². The Morgan fingerprint density at radius 3 is 1.24 bits per heavy atom. The van der Waals surface area contributed by atoms with Crippen LogP contribution in [0.5, 0.6) is 0 Å². The molecule has 0 saturated carbocycles. The maximum Gasteiger partial charge on any atom is 1.00 e. The quantitative estimate of drug-likeness (QED) is 0.0679. The van der Waals surface area contributed by atoms with Gasteiger partial charge >= 0.3 is 44.8 Å². The SMILES string of the molecule is CC#Cc1cccc(C(C)=O)c1.CC#Cc1ccccc1C(C)=O.P.P.P.[Au+].[Au+].[C-]#Cc1cccc(C(C)=O)c1.[C-]#Cc1ccccc1C(C)=O. The molecule has 3 atom stereocenters. The summed E-state index contributed by atoms with van der Waals surface area (Å²) < 4.78 is 0. The second-order valence-corrected chi connectivity index (χ2v) is 9.48. The predicted molar refractivity (Wildman–Crippen MR) is 217 cm³/mol. The third kappa shape index (κ3) is 22.2. The zero-order valence-corrected chi connectivity index (χ0v) is 38.2. The Morgan fingerprint density at radius 2 is 0.863 bits per heavy atom. The van der Waals surface area contributed by atoms with Crippen LogP contribution in [-0.4, -0.2) is 23.1 Å². The van der Waals surface area contributed by atoms with Crippen molar-refractivity contribution in [1.82, 2.24) is 0 Å². The maximum atomic E-state index is 11.1. The number of benzene rings is 4. The van der Waals surface area contributed by atoms with Gasteiger partial charge in [0.25, 0.3) is 0 Å². The third-order valence-electron chi connectivity index (χ3n) is 5.96. The molecule has 4 nitrogen and oxygen atoms in total. The Hall–Kier alpha value is -3.43. The van der Waals surface area contributed by atoms with Crippen LogP contribution in [0.1, 0.15) is 105 Å². The van der Waals surface area contributed by atoms with Crippen LogP contribution >= 0.6 is 29.7 Å². The molecule has 3 unspecified atom stereocenters. The van der Waals surface area contributed by atoms with Gasteiger partial charge in [-0.25, -0.2) is 0 Å². The van der Waals surface area contributed by atoms with Gasteiger partial charge in [0.05, 0.1) is 0 Å². The summed E-state index contributed by atoms with van der Waals surface area (Å²) in [4.78, 5) is 43.8. The Kier molecular flexibility index (Phi) is 36.3. The van der Waals surface area contributed by atoms with Gasteiger partial charge in [-0.2, -0.15) is 29.7 Å². The molecule has 4 aromatic carbocycles. The van der Waals surface area contributed by atoms with Crippen LogP contribution in [0.3, 0.4) is 0 Å². The number of rotatable bonds is 4. The van der Waals surface area contributed by atoms with Crippen LogP contribution in [0.2, 0.25) is 0 Å². The molecule has 0 aliphatic heterocycles. The molecule has 0 amide bonds. The number of carbonyl (C=O) groups is 4. The van der Waals surface area contributed by atoms with E-state index in [-0.39, 0.29) is 97.6 Å². The summed E-state index contributed by atoms with van der Waals surface area (Å²) in [5.41, 5.74) is 5.50.